The Kier molecular flexibility index (Phi) is 6.81. The van der Waals surface area contributed by atoms with Gasteiger partial charge in [0.1, 0.15) is 18.0 Å². The van der Waals surface area contributed by atoms with Crippen molar-refractivity contribution >= 4 is 17.4 Å². The SMILES string of the molecule is C=C(C)c1ccc([C@@H](NC(=O)[C@@H]2C[C@@H](F)CN2C(=O)Cc2cn[nH]n2)c2ccccc2)cc1F. The van der Waals surface area contributed by atoms with E-state index in [0.29, 0.717) is 22.4 Å². The van der Waals surface area contributed by atoms with Crippen LogP contribution < -0.4 is 5.32 Å². The second kappa shape index (κ2) is 9.94. The summed E-state index contributed by atoms with van der Waals surface area (Å²) in [4.78, 5) is 27.3. The van der Waals surface area contributed by atoms with Crippen molar-refractivity contribution in [2.75, 3.05) is 6.54 Å². The van der Waals surface area contributed by atoms with Crippen molar-refractivity contribution in [3.8, 4) is 0 Å². The van der Waals surface area contributed by atoms with Gasteiger partial charge in [-0.3, -0.25) is 9.59 Å². The molecule has 1 aromatic heterocycles. The normalized spacial score (nSPS) is 18.5. The lowest BCUT2D eigenvalue weighted by Gasteiger charge is -2.27. The number of carbonyl (C=O) groups is 2. The van der Waals surface area contributed by atoms with Crippen LogP contribution in [0.5, 0.6) is 0 Å². The first-order valence-corrected chi connectivity index (χ1v) is 10.9. The molecule has 0 bridgehead atoms. The maximum Gasteiger partial charge on any atom is 0.243 e. The third-order valence-electron chi connectivity index (χ3n) is 5.88. The van der Waals surface area contributed by atoms with E-state index in [1.807, 2.05) is 30.3 Å². The predicted octanol–water partition coefficient (Wildman–Crippen LogP) is 3.36. The molecule has 0 saturated carbocycles. The predicted molar refractivity (Wildman–Crippen MR) is 123 cm³/mol. The number of benzene rings is 2. The number of aromatic amines is 1. The van der Waals surface area contributed by atoms with E-state index in [1.165, 1.54) is 17.2 Å². The van der Waals surface area contributed by atoms with Crippen LogP contribution >= 0.6 is 0 Å². The second-order valence-electron chi connectivity index (χ2n) is 8.40. The summed E-state index contributed by atoms with van der Waals surface area (Å²) in [7, 11) is 0. The quantitative estimate of drug-likeness (QED) is 0.560. The van der Waals surface area contributed by atoms with E-state index < -0.39 is 35.9 Å². The molecular weight excluding hydrogens is 440 g/mol. The van der Waals surface area contributed by atoms with Gasteiger partial charge in [0.25, 0.3) is 0 Å². The Morgan fingerprint density at radius 3 is 2.65 bits per heavy atom. The Bertz CT molecular complexity index is 1180. The molecule has 7 nitrogen and oxygen atoms in total. The first kappa shape index (κ1) is 23.3. The summed E-state index contributed by atoms with van der Waals surface area (Å²) in [6.45, 7) is 5.33. The van der Waals surface area contributed by atoms with Crippen molar-refractivity contribution in [1.82, 2.24) is 25.6 Å². The average molecular weight is 466 g/mol. The number of nitrogens with zero attached hydrogens (tertiary/aromatic N) is 3. The molecule has 9 heteroatoms. The third-order valence-corrected chi connectivity index (χ3v) is 5.88. The molecule has 0 spiro atoms. The fourth-order valence-electron chi connectivity index (χ4n) is 4.18. The summed E-state index contributed by atoms with van der Waals surface area (Å²) >= 11 is 0. The van der Waals surface area contributed by atoms with Gasteiger partial charge >= 0.3 is 0 Å². The Morgan fingerprint density at radius 2 is 2.00 bits per heavy atom. The molecule has 1 aliphatic rings. The van der Waals surface area contributed by atoms with Crippen LogP contribution in [0.15, 0.2) is 61.3 Å². The highest BCUT2D eigenvalue weighted by Crippen LogP contribution is 2.28. The molecule has 0 aliphatic carbocycles. The van der Waals surface area contributed by atoms with Gasteiger partial charge in [-0.2, -0.15) is 15.4 Å². The van der Waals surface area contributed by atoms with E-state index in [2.05, 4.69) is 27.3 Å². The van der Waals surface area contributed by atoms with Crippen molar-refractivity contribution in [2.24, 2.45) is 0 Å². The zero-order chi connectivity index (χ0) is 24.2. The number of hydrogen-bond acceptors (Lipinski definition) is 4. The summed E-state index contributed by atoms with van der Waals surface area (Å²) < 4.78 is 29.0. The molecule has 2 amide bonds. The number of H-pyrrole nitrogens is 1. The molecule has 34 heavy (non-hydrogen) atoms. The molecule has 2 N–H and O–H groups in total. The van der Waals surface area contributed by atoms with Crippen LogP contribution in [0.1, 0.15) is 41.8 Å². The lowest BCUT2D eigenvalue weighted by molar-refractivity contribution is -0.138. The Morgan fingerprint density at radius 1 is 1.24 bits per heavy atom. The molecule has 4 rings (SSSR count). The van der Waals surface area contributed by atoms with Crippen LogP contribution in [0, 0.1) is 5.82 Å². The van der Waals surface area contributed by atoms with E-state index in [4.69, 9.17) is 0 Å². The van der Waals surface area contributed by atoms with Crippen LogP contribution in [-0.2, 0) is 16.0 Å². The highest BCUT2D eigenvalue weighted by molar-refractivity contribution is 5.89. The number of amides is 2. The monoisotopic (exact) mass is 465 g/mol. The zero-order valence-electron chi connectivity index (χ0n) is 18.7. The smallest absolute Gasteiger partial charge is 0.243 e. The summed E-state index contributed by atoms with van der Waals surface area (Å²) in [5, 5.41) is 12.9. The highest BCUT2D eigenvalue weighted by Gasteiger charge is 2.40. The van der Waals surface area contributed by atoms with Gasteiger partial charge in [-0.1, -0.05) is 49.0 Å². The number of aromatic nitrogens is 3. The van der Waals surface area contributed by atoms with Crippen molar-refractivity contribution in [3.63, 3.8) is 0 Å². The molecule has 2 aromatic carbocycles. The Balaban J connectivity index is 1.59. The first-order valence-electron chi connectivity index (χ1n) is 10.9. The largest absolute Gasteiger partial charge is 0.343 e. The number of carbonyl (C=O) groups excluding carboxylic acids is 2. The number of alkyl halides is 1. The standard InChI is InChI=1S/C25H25F2N5O2/c1-15(2)20-9-8-17(10-21(20)27)24(16-6-4-3-5-7-16)29-25(34)22-11-18(26)14-32(22)23(33)12-19-13-28-31-30-19/h3-10,13,18,22,24H,1,11-12,14H2,2H3,(H,29,34)(H,28,30,31)/t18-,22+,24+/m1/s1. The van der Waals surface area contributed by atoms with E-state index in [1.54, 1.807) is 19.1 Å². The summed E-state index contributed by atoms with van der Waals surface area (Å²) in [5.41, 5.74) is 2.64. The summed E-state index contributed by atoms with van der Waals surface area (Å²) in [6, 6.07) is 12.1. The number of hydrogen-bond donors (Lipinski definition) is 2. The third kappa shape index (κ3) is 5.03. The van der Waals surface area contributed by atoms with Gasteiger partial charge in [0, 0.05) is 12.0 Å². The Labute approximate surface area is 195 Å². The lowest BCUT2D eigenvalue weighted by Crippen LogP contribution is -2.47. The van der Waals surface area contributed by atoms with Crippen LogP contribution in [0.4, 0.5) is 8.78 Å². The van der Waals surface area contributed by atoms with Crippen LogP contribution in [-0.4, -0.2) is 50.9 Å². The van der Waals surface area contributed by atoms with Gasteiger partial charge in [-0.25, -0.2) is 8.78 Å². The maximum absolute atomic E-state index is 14.7. The van der Waals surface area contributed by atoms with Gasteiger partial charge in [0.2, 0.25) is 11.8 Å². The molecule has 2 heterocycles. The van der Waals surface area contributed by atoms with Gasteiger partial charge < -0.3 is 10.2 Å². The van der Waals surface area contributed by atoms with Crippen LogP contribution in [0.3, 0.4) is 0 Å². The average Bonchev–Trinajstić information content (AvgIpc) is 3.47. The Hall–Kier alpha value is -3.88. The molecule has 1 fully saturated rings. The molecule has 1 aliphatic heterocycles. The fraction of sp³-hybridized carbons (Fsp3) is 0.280. The van der Waals surface area contributed by atoms with Crippen molar-refractivity contribution in [2.45, 2.75) is 38.0 Å². The fourth-order valence-corrected chi connectivity index (χ4v) is 4.18. The zero-order valence-corrected chi connectivity index (χ0v) is 18.7. The summed E-state index contributed by atoms with van der Waals surface area (Å²) in [6.07, 6.45) is -0.117. The van der Waals surface area contributed by atoms with E-state index in [0.717, 1.165) is 5.56 Å². The van der Waals surface area contributed by atoms with Gasteiger partial charge in [-0.05, 0) is 29.7 Å². The van der Waals surface area contributed by atoms with E-state index in [-0.39, 0.29) is 19.4 Å². The molecule has 0 radical (unpaired) electrons. The lowest BCUT2D eigenvalue weighted by atomic mass is 9.95. The number of allylic oxidation sites excluding steroid dienone is 1. The van der Waals surface area contributed by atoms with Crippen molar-refractivity contribution < 1.29 is 18.4 Å². The number of rotatable bonds is 7. The molecule has 3 atom stereocenters. The van der Waals surface area contributed by atoms with E-state index >= 15 is 0 Å². The first-order chi connectivity index (χ1) is 16.3. The minimum Gasteiger partial charge on any atom is -0.343 e. The van der Waals surface area contributed by atoms with Gasteiger partial charge in [0.15, 0.2) is 0 Å². The second-order valence-corrected chi connectivity index (χ2v) is 8.40. The van der Waals surface area contributed by atoms with Crippen LogP contribution in [0.2, 0.25) is 0 Å². The molecule has 3 aromatic rings. The number of nitrogens with one attached hydrogen (secondary N) is 2. The van der Waals surface area contributed by atoms with Crippen molar-refractivity contribution in [1.29, 1.82) is 0 Å². The van der Waals surface area contributed by atoms with Gasteiger partial charge in [-0.15, -0.1) is 0 Å². The highest BCUT2D eigenvalue weighted by atomic mass is 19.1. The van der Waals surface area contributed by atoms with Crippen molar-refractivity contribution in [3.05, 3.63) is 89.5 Å². The molecular formula is C25H25F2N5O2. The molecule has 176 valence electrons. The molecule has 1 saturated heterocycles. The molecule has 0 unspecified atom stereocenters. The maximum atomic E-state index is 14.7. The summed E-state index contributed by atoms with van der Waals surface area (Å²) in [5.74, 6) is -1.37. The topological polar surface area (TPSA) is 91.0 Å². The number of likely N-dealkylation sites (tertiary alicyclic amines) is 1. The van der Waals surface area contributed by atoms with Crippen LogP contribution in [0.25, 0.3) is 5.57 Å². The minimum atomic E-state index is -1.32. The minimum absolute atomic E-state index is 0.0946. The van der Waals surface area contributed by atoms with Gasteiger partial charge in [0.05, 0.1) is 30.9 Å². The number of halogens is 2. The van der Waals surface area contributed by atoms with E-state index in [9.17, 15) is 18.4 Å².